The van der Waals surface area contributed by atoms with E-state index in [9.17, 15) is 0 Å². The van der Waals surface area contributed by atoms with Gasteiger partial charge in [-0.3, -0.25) is 4.98 Å². The lowest BCUT2D eigenvalue weighted by Gasteiger charge is -2.30. The van der Waals surface area contributed by atoms with Crippen LogP contribution in [-0.2, 0) is 0 Å². The maximum Gasteiger partial charge on any atom is 0.170 e. The quantitative estimate of drug-likeness (QED) is 0.400. The number of aromatic nitrogens is 2. The molecule has 5 nitrogen and oxygen atoms in total. The molecule has 0 amide bonds. The van der Waals surface area contributed by atoms with Gasteiger partial charge in [-0.15, -0.1) is 0 Å². The molecular formula is C24H29N5S. The molecule has 4 rings (SSSR count). The molecule has 3 heterocycles. The van der Waals surface area contributed by atoms with Gasteiger partial charge in [-0.1, -0.05) is 24.3 Å². The summed E-state index contributed by atoms with van der Waals surface area (Å²) in [4.78, 5) is 6.96. The summed E-state index contributed by atoms with van der Waals surface area (Å²) >= 11 is 5.78. The Morgan fingerprint density at radius 3 is 2.60 bits per heavy atom. The molecular weight excluding hydrogens is 390 g/mol. The van der Waals surface area contributed by atoms with Gasteiger partial charge in [-0.2, -0.15) is 0 Å². The Hall–Kier alpha value is -2.86. The zero-order chi connectivity index (χ0) is 20.9. The van der Waals surface area contributed by atoms with Crippen LogP contribution < -0.4 is 10.6 Å². The predicted octanol–water partition coefficient (Wildman–Crippen LogP) is 4.94. The molecule has 0 saturated carbocycles. The Labute approximate surface area is 184 Å². The molecule has 1 aliphatic heterocycles. The number of nitrogens with one attached hydrogen (secondary N) is 2. The van der Waals surface area contributed by atoms with Gasteiger partial charge in [0.25, 0.3) is 0 Å². The van der Waals surface area contributed by atoms with Crippen molar-refractivity contribution in [3.8, 4) is 0 Å². The van der Waals surface area contributed by atoms with Crippen LogP contribution in [0.25, 0.3) is 0 Å². The van der Waals surface area contributed by atoms with Crippen molar-refractivity contribution < 1.29 is 0 Å². The van der Waals surface area contributed by atoms with Crippen molar-refractivity contribution in [3.63, 3.8) is 0 Å². The summed E-state index contributed by atoms with van der Waals surface area (Å²) in [5.74, 6) is 0. The van der Waals surface area contributed by atoms with Crippen LogP contribution in [0.3, 0.4) is 0 Å². The zero-order valence-corrected chi connectivity index (χ0v) is 18.3. The Balaban J connectivity index is 1.54. The van der Waals surface area contributed by atoms with Crippen molar-refractivity contribution in [2.24, 2.45) is 0 Å². The van der Waals surface area contributed by atoms with E-state index in [0.717, 1.165) is 36.0 Å². The van der Waals surface area contributed by atoms with Gasteiger partial charge in [0.2, 0.25) is 0 Å². The summed E-state index contributed by atoms with van der Waals surface area (Å²) in [6.45, 7) is 6.21. The Kier molecular flexibility index (Phi) is 6.33. The molecule has 30 heavy (non-hydrogen) atoms. The molecule has 156 valence electrons. The third kappa shape index (κ3) is 4.33. The van der Waals surface area contributed by atoms with Crippen LogP contribution in [-0.4, -0.2) is 32.7 Å². The second-order valence-electron chi connectivity index (χ2n) is 7.90. The number of para-hydroxylation sites is 1. The average Bonchev–Trinajstić information content (AvgIpc) is 3.37. The van der Waals surface area contributed by atoms with Gasteiger partial charge in [-0.05, 0) is 68.9 Å². The Morgan fingerprint density at radius 2 is 1.87 bits per heavy atom. The summed E-state index contributed by atoms with van der Waals surface area (Å²) in [5.41, 5.74) is 3.44. The highest BCUT2D eigenvalue weighted by Crippen LogP contribution is 2.39. The van der Waals surface area contributed by atoms with E-state index in [1.165, 1.54) is 5.69 Å². The van der Waals surface area contributed by atoms with E-state index in [1.807, 2.05) is 24.4 Å². The molecule has 3 aromatic rings. The normalized spacial score (nSPS) is 18.6. The van der Waals surface area contributed by atoms with E-state index < -0.39 is 0 Å². The molecule has 2 N–H and O–H groups in total. The second kappa shape index (κ2) is 9.30. The molecule has 2 aromatic heterocycles. The fourth-order valence-corrected chi connectivity index (χ4v) is 4.47. The first kappa shape index (κ1) is 20.4. The van der Waals surface area contributed by atoms with Gasteiger partial charge in [0.1, 0.15) is 0 Å². The maximum atomic E-state index is 5.78. The molecule has 0 spiro atoms. The summed E-state index contributed by atoms with van der Waals surface area (Å²) < 4.78 is 2.34. The molecule has 2 atom stereocenters. The van der Waals surface area contributed by atoms with E-state index in [2.05, 4.69) is 87.6 Å². The molecule has 6 heteroatoms. The van der Waals surface area contributed by atoms with Crippen LogP contribution >= 0.6 is 12.2 Å². The number of thiocarbonyl (C=S) groups is 1. The van der Waals surface area contributed by atoms with Crippen molar-refractivity contribution in [2.75, 3.05) is 18.4 Å². The van der Waals surface area contributed by atoms with E-state index in [0.29, 0.717) is 6.04 Å². The number of benzene rings is 1. The highest BCUT2D eigenvalue weighted by atomic mass is 32.1. The van der Waals surface area contributed by atoms with Gasteiger partial charge in [0.05, 0.1) is 17.8 Å². The SMILES string of the molecule is CC(C)n1cccc1C1C(c2ccccn2)NC(=S)N1CCCNc1ccccc1. The first-order valence-corrected chi connectivity index (χ1v) is 11.0. The van der Waals surface area contributed by atoms with Gasteiger partial charge in [0, 0.05) is 42.9 Å². The van der Waals surface area contributed by atoms with Crippen molar-refractivity contribution in [1.29, 1.82) is 0 Å². The third-order valence-electron chi connectivity index (χ3n) is 5.55. The number of nitrogens with zero attached hydrogens (tertiary/aromatic N) is 3. The minimum atomic E-state index is 0.0354. The van der Waals surface area contributed by atoms with E-state index in [-0.39, 0.29) is 12.1 Å². The lowest BCUT2D eigenvalue weighted by Crippen LogP contribution is -2.32. The molecule has 1 aromatic carbocycles. The van der Waals surface area contributed by atoms with Crippen LogP contribution in [0.2, 0.25) is 0 Å². The topological polar surface area (TPSA) is 45.1 Å². The number of pyridine rings is 1. The van der Waals surface area contributed by atoms with Crippen molar-refractivity contribution in [2.45, 2.75) is 38.4 Å². The lowest BCUT2D eigenvalue weighted by atomic mass is 10.0. The minimum absolute atomic E-state index is 0.0354. The number of hydrogen-bond acceptors (Lipinski definition) is 3. The van der Waals surface area contributed by atoms with Crippen molar-refractivity contribution in [1.82, 2.24) is 19.8 Å². The molecule has 0 bridgehead atoms. The van der Waals surface area contributed by atoms with Crippen molar-refractivity contribution in [3.05, 3.63) is 84.4 Å². The van der Waals surface area contributed by atoms with Crippen LogP contribution in [0.5, 0.6) is 0 Å². The van der Waals surface area contributed by atoms with Crippen molar-refractivity contribution >= 4 is 23.0 Å². The lowest BCUT2D eigenvalue weighted by molar-refractivity contribution is 0.298. The Bertz CT molecular complexity index is 954. The zero-order valence-electron chi connectivity index (χ0n) is 17.5. The molecule has 1 saturated heterocycles. The monoisotopic (exact) mass is 419 g/mol. The summed E-state index contributed by atoms with van der Waals surface area (Å²) in [5, 5.41) is 7.84. The number of anilines is 1. The average molecular weight is 420 g/mol. The summed E-state index contributed by atoms with van der Waals surface area (Å²) in [6.07, 6.45) is 5.00. The van der Waals surface area contributed by atoms with Crippen LogP contribution in [0.1, 0.15) is 49.8 Å². The van der Waals surface area contributed by atoms with E-state index in [4.69, 9.17) is 12.2 Å². The highest BCUT2D eigenvalue weighted by Gasteiger charge is 2.40. The Morgan fingerprint density at radius 1 is 1.07 bits per heavy atom. The fourth-order valence-electron chi connectivity index (χ4n) is 4.13. The number of hydrogen-bond donors (Lipinski definition) is 2. The third-order valence-corrected chi connectivity index (χ3v) is 5.90. The largest absolute Gasteiger partial charge is 0.385 e. The molecule has 1 aliphatic rings. The molecule has 2 unspecified atom stereocenters. The first-order valence-electron chi connectivity index (χ1n) is 10.6. The van der Waals surface area contributed by atoms with Gasteiger partial charge in [-0.25, -0.2) is 0 Å². The fraction of sp³-hybridized carbons (Fsp3) is 0.333. The second-order valence-corrected chi connectivity index (χ2v) is 8.29. The first-order chi connectivity index (χ1) is 14.6. The number of rotatable bonds is 8. The van der Waals surface area contributed by atoms with E-state index in [1.54, 1.807) is 0 Å². The minimum Gasteiger partial charge on any atom is -0.385 e. The predicted molar refractivity (Wildman–Crippen MR) is 127 cm³/mol. The van der Waals surface area contributed by atoms with Gasteiger partial charge < -0.3 is 20.1 Å². The summed E-state index contributed by atoms with van der Waals surface area (Å²) in [6, 6.07) is 21.3. The smallest absolute Gasteiger partial charge is 0.170 e. The van der Waals surface area contributed by atoms with E-state index >= 15 is 0 Å². The summed E-state index contributed by atoms with van der Waals surface area (Å²) in [7, 11) is 0. The van der Waals surface area contributed by atoms with Crippen LogP contribution in [0, 0.1) is 0 Å². The highest BCUT2D eigenvalue weighted by molar-refractivity contribution is 7.80. The van der Waals surface area contributed by atoms with Crippen LogP contribution in [0.4, 0.5) is 5.69 Å². The van der Waals surface area contributed by atoms with Gasteiger partial charge in [0.15, 0.2) is 5.11 Å². The standard InChI is InChI=1S/C24H29N5S/c1-18(2)28-16-8-13-21(28)23-22(20-12-6-7-14-26-20)27-24(30)29(23)17-9-15-25-19-10-4-3-5-11-19/h3-8,10-14,16,18,22-23,25H,9,15,17H2,1-2H3,(H,27,30). The molecule has 0 aliphatic carbocycles. The van der Waals surface area contributed by atoms with Crippen LogP contribution in [0.15, 0.2) is 73.1 Å². The van der Waals surface area contributed by atoms with Gasteiger partial charge >= 0.3 is 0 Å². The maximum absolute atomic E-state index is 5.78. The molecule has 1 fully saturated rings. The molecule has 0 radical (unpaired) electrons.